The molecule has 1 fully saturated rings. The molecule has 1 aromatic carbocycles. The van der Waals surface area contributed by atoms with Gasteiger partial charge in [0, 0.05) is 13.1 Å². The van der Waals surface area contributed by atoms with Gasteiger partial charge in [-0.05, 0) is 55.8 Å². The van der Waals surface area contributed by atoms with Gasteiger partial charge in [-0.15, -0.1) is 0 Å². The summed E-state index contributed by atoms with van der Waals surface area (Å²) < 4.78 is 20.5. The van der Waals surface area contributed by atoms with Gasteiger partial charge in [0.2, 0.25) is 0 Å². The third-order valence-corrected chi connectivity index (χ3v) is 4.10. The molecule has 0 amide bonds. The van der Waals surface area contributed by atoms with E-state index in [-0.39, 0.29) is 10.0 Å². The minimum atomic E-state index is -1.16. The zero-order valence-electron chi connectivity index (χ0n) is 12.5. The number of carbonyl (C=O) groups is 1. The van der Waals surface area contributed by atoms with Gasteiger partial charge in [-0.3, -0.25) is 0 Å². The van der Waals surface area contributed by atoms with Gasteiger partial charge in [-0.1, -0.05) is 0 Å². The summed E-state index contributed by atoms with van der Waals surface area (Å²) in [5.41, 5.74) is -0.516. The van der Waals surface area contributed by atoms with Crippen LogP contribution in [0.15, 0.2) is 16.6 Å². The number of carboxylic acid groups (broad SMARTS) is 1. The number of rotatable bonds is 2. The van der Waals surface area contributed by atoms with Crippen molar-refractivity contribution in [2.45, 2.75) is 38.9 Å². The summed E-state index contributed by atoms with van der Waals surface area (Å²) >= 11 is 3.04. The SMILES string of the molecule is CC1(C)CN(c2ccc(C(=O)O)c(Br)c2F)CC(C)(C)O1. The van der Waals surface area contributed by atoms with Crippen molar-refractivity contribution in [1.82, 2.24) is 0 Å². The number of anilines is 1. The highest BCUT2D eigenvalue weighted by atomic mass is 79.9. The van der Waals surface area contributed by atoms with Crippen molar-refractivity contribution in [2.75, 3.05) is 18.0 Å². The summed E-state index contributed by atoms with van der Waals surface area (Å²) in [5, 5.41) is 9.03. The Bertz CT molecular complexity index is 571. The molecule has 0 saturated carbocycles. The molecule has 0 unspecified atom stereocenters. The van der Waals surface area contributed by atoms with E-state index in [4.69, 9.17) is 9.84 Å². The summed E-state index contributed by atoms with van der Waals surface area (Å²) in [6, 6.07) is 2.93. The minimum absolute atomic E-state index is 0.0189. The molecule has 0 atom stereocenters. The highest BCUT2D eigenvalue weighted by molar-refractivity contribution is 9.10. The van der Waals surface area contributed by atoms with Crippen LogP contribution in [0.1, 0.15) is 38.1 Å². The monoisotopic (exact) mass is 359 g/mol. The van der Waals surface area contributed by atoms with Crippen LogP contribution < -0.4 is 4.90 Å². The summed E-state index contributed by atoms with van der Waals surface area (Å²) in [5.74, 6) is -1.71. The lowest BCUT2D eigenvalue weighted by atomic mass is 9.98. The molecule has 1 aliphatic rings. The van der Waals surface area contributed by atoms with Crippen LogP contribution in [0.25, 0.3) is 0 Å². The van der Waals surface area contributed by atoms with Crippen molar-refractivity contribution in [3.63, 3.8) is 0 Å². The van der Waals surface area contributed by atoms with Crippen molar-refractivity contribution in [3.8, 4) is 0 Å². The second-order valence-corrected chi connectivity index (χ2v) is 7.34. The van der Waals surface area contributed by atoms with Crippen LogP contribution >= 0.6 is 15.9 Å². The van der Waals surface area contributed by atoms with Gasteiger partial charge < -0.3 is 14.7 Å². The highest BCUT2D eigenvalue weighted by Gasteiger charge is 2.39. The van der Waals surface area contributed by atoms with E-state index in [0.29, 0.717) is 18.8 Å². The van der Waals surface area contributed by atoms with Crippen LogP contribution in [0, 0.1) is 5.82 Å². The molecule has 1 N–H and O–H groups in total. The number of benzene rings is 1. The molecule has 1 aromatic rings. The van der Waals surface area contributed by atoms with Crippen molar-refractivity contribution < 1.29 is 19.0 Å². The fraction of sp³-hybridized carbons (Fsp3) is 0.533. The maximum atomic E-state index is 14.5. The standard InChI is InChI=1S/C15H19BrFNO3/c1-14(2)7-18(8-15(3,4)21-14)10-6-5-9(13(19)20)11(16)12(10)17/h5-6H,7-8H2,1-4H3,(H,19,20). The zero-order chi connectivity index (χ0) is 16.0. The lowest BCUT2D eigenvalue weighted by Crippen LogP contribution is -2.57. The Morgan fingerprint density at radius 2 is 1.81 bits per heavy atom. The molecular formula is C15H19BrFNO3. The molecule has 1 aliphatic heterocycles. The average Bonchev–Trinajstić information content (AvgIpc) is 2.27. The lowest BCUT2D eigenvalue weighted by Gasteiger charge is -2.48. The number of halogens is 2. The van der Waals surface area contributed by atoms with Crippen LogP contribution in [-0.4, -0.2) is 35.4 Å². The first-order valence-electron chi connectivity index (χ1n) is 6.69. The van der Waals surface area contributed by atoms with E-state index in [1.807, 2.05) is 32.6 Å². The summed E-state index contributed by atoms with van der Waals surface area (Å²) in [4.78, 5) is 12.9. The fourth-order valence-corrected chi connectivity index (χ4v) is 3.41. The van der Waals surface area contributed by atoms with Crippen LogP contribution in [0.2, 0.25) is 0 Å². The molecule has 4 nitrogen and oxygen atoms in total. The predicted molar refractivity (Wildman–Crippen MR) is 82.5 cm³/mol. The topological polar surface area (TPSA) is 49.8 Å². The summed E-state index contributed by atoms with van der Waals surface area (Å²) in [6.07, 6.45) is 0. The van der Waals surface area contributed by atoms with Crippen molar-refractivity contribution in [2.24, 2.45) is 0 Å². The van der Waals surface area contributed by atoms with E-state index in [9.17, 15) is 9.18 Å². The van der Waals surface area contributed by atoms with Gasteiger partial charge in [0.1, 0.15) is 0 Å². The van der Waals surface area contributed by atoms with Gasteiger partial charge in [-0.2, -0.15) is 0 Å². The van der Waals surface area contributed by atoms with Gasteiger partial charge in [0.05, 0.1) is 26.9 Å². The molecule has 2 rings (SSSR count). The number of morpholine rings is 1. The van der Waals surface area contributed by atoms with Crippen molar-refractivity contribution in [1.29, 1.82) is 0 Å². The van der Waals surface area contributed by atoms with Gasteiger partial charge >= 0.3 is 5.97 Å². The molecule has 21 heavy (non-hydrogen) atoms. The van der Waals surface area contributed by atoms with E-state index >= 15 is 0 Å². The van der Waals surface area contributed by atoms with Crippen molar-refractivity contribution >= 4 is 27.6 Å². The minimum Gasteiger partial charge on any atom is -0.478 e. The van der Waals surface area contributed by atoms with Crippen LogP contribution in [-0.2, 0) is 4.74 Å². The van der Waals surface area contributed by atoms with Crippen LogP contribution in [0.5, 0.6) is 0 Å². The van der Waals surface area contributed by atoms with E-state index in [0.717, 1.165) is 0 Å². The third-order valence-electron chi connectivity index (χ3n) is 3.33. The lowest BCUT2D eigenvalue weighted by molar-refractivity contribution is -0.133. The normalized spacial score (nSPS) is 20.4. The van der Waals surface area contributed by atoms with E-state index in [1.165, 1.54) is 12.1 Å². The molecule has 0 aliphatic carbocycles. The van der Waals surface area contributed by atoms with E-state index < -0.39 is 23.0 Å². The van der Waals surface area contributed by atoms with Crippen molar-refractivity contribution in [3.05, 3.63) is 28.0 Å². The molecule has 1 heterocycles. The Labute approximate surface area is 132 Å². The Morgan fingerprint density at radius 1 is 1.29 bits per heavy atom. The molecule has 0 aromatic heterocycles. The molecule has 0 radical (unpaired) electrons. The number of ether oxygens (including phenoxy) is 1. The Balaban J connectivity index is 2.42. The highest BCUT2D eigenvalue weighted by Crippen LogP contribution is 2.35. The predicted octanol–water partition coefficient (Wildman–Crippen LogP) is 3.68. The molecular weight excluding hydrogens is 341 g/mol. The van der Waals surface area contributed by atoms with E-state index in [2.05, 4.69) is 15.9 Å². The number of hydrogen-bond donors (Lipinski definition) is 1. The maximum absolute atomic E-state index is 14.5. The largest absolute Gasteiger partial charge is 0.478 e. The number of aromatic carboxylic acids is 1. The molecule has 116 valence electrons. The quantitative estimate of drug-likeness (QED) is 0.874. The fourth-order valence-electron chi connectivity index (χ4n) is 2.91. The first-order chi connectivity index (χ1) is 9.52. The maximum Gasteiger partial charge on any atom is 0.336 e. The molecule has 0 spiro atoms. The Morgan fingerprint density at radius 3 is 2.29 bits per heavy atom. The van der Waals surface area contributed by atoms with Gasteiger partial charge in [0.15, 0.2) is 5.82 Å². The van der Waals surface area contributed by atoms with E-state index in [1.54, 1.807) is 0 Å². The number of carboxylic acids is 1. The van der Waals surface area contributed by atoms with Crippen LogP contribution in [0.4, 0.5) is 10.1 Å². The summed E-state index contributed by atoms with van der Waals surface area (Å²) in [7, 11) is 0. The van der Waals surface area contributed by atoms with Gasteiger partial charge in [0.25, 0.3) is 0 Å². The zero-order valence-corrected chi connectivity index (χ0v) is 14.1. The molecule has 0 bridgehead atoms. The Kier molecular flexibility index (Phi) is 4.06. The molecule has 6 heteroatoms. The van der Waals surface area contributed by atoms with Crippen LogP contribution in [0.3, 0.4) is 0 Å². The summed E-state index contributed by atoms with van der Waals surface area (Å²) in [6.45, 7) is 8.90. The average molecular weight is 360 g/mol. The third kappa shape index (κ3) is 3.37. The first-order valence-corrected chi connectivity index (χ1v) is 7.48. The smallest absolute Gasteiger partial charge is 0.336 e. The number of hydrogen-bond acceptors (Lipinski definition) is 3. The second kappa shape index (κ2) is 5.25. The first kappa shape index (κ1) is 16.2. The second-order valence-electron chi connectivity index (χ2n) is 6.54. The number of nitrogens with zero attached hydrogens (tertiary/aromatic N) is 1. The van der Waals surface area contributed by atoms with Gasteiger partial charge in [-0.25, -0.2) is 9.18 Å². The molecule has 1 saturated heterocycles. The Hall–Kier alpha value is -1.14.